The van der Waals surface area contributed by atoms with Gasteiger partial charge in [0.15, 0.2) is 18.9 Å². The molecule has 0 aliphatic carbocycles. The predicted molar refractivity (Wildman–Crippen MR) is 218 cm³/mol. The summed E-state index contributed by atoms with van der Waals surface area (Å²) in [6.45, 7) is 0.441. The molecular formula is C41H69N2O25-. The molecule has 4 saturated heterocycles. The van der Waals surface area contributed by atoms with Crippen molar-refractivity contribution in [3.63, 3.8) is 0 Å². The van der Waals surface area contributed by atoms with Crippen LogP contribution in [-0.4, -0.2) is 242 Å². The van der Waals surface area contributed by atoms with Crippen molar-refractivity contribution < 1.29 is 123 Å². The number of hydrogen-bond donors (Lipinski definition) is 13. The average molecular weight is 990 g/mol. The smallest absolute Gasteiger partial charge is 0.305 e. The van der Waals surface area contributed by atoms with Gasteiger partial charge in [0.1, 0.15) is 91.4 Å². The zero-order chi connectivity index (χ0) is 50.6. The van der Waals surface area contributed by atoms with Crippen LogP contribution in [0, 0.1) is 0 Å². The summed E-state index contributed by atoms with van der Waals surface area (Å²) in [5.74, 6) is -7.33. The van der Waals surface area contributed by atoms with E-state index in [4.69, 9.17) is 37.9 Å². The van der Waals surface area contributed by atoms with Crippen LogP contribution in [0.4, 0.5) is 0 Å². The molecule has 13 N–H and O–H groups in total. The number of aliphatic hydroxyl groups is 11. The highest BCUT2D eigenvalue weighted by atomic mass is 16.8. The van der Waals surface area contributed by atoms with Gasteiger partial charge >= 0.3 is 5.97 Å². The van der Waals surface area contributed by atoms with Crippen LogP contribution < -0.4 is 15.7 Å². The van der Waals surface area contributed by atoms with E-state index in [1.54, 1.807) is 0 Å². The van der Waals surface area contributed by atoms with Gasteiger partial charge in [-0.3, -0.25) is 14.4 Å². The molecule has 0 spiro atoms. The Morgan fingerprint density at radius 1 is 0.706 bits per heavy atom. The van der Waals surface area contributed by atoms with Gasteiger partial charge in [-0.05, 0) is 19.8 Å². The van der Waals surface area contributed by atoms with Crippen LogP contribution in [0.3, 0.4) is 0 Å². The normalized spacial score (nSPS) is 39.6. The number of unbranched alkanes of at least 4 members (excludes halogenated alkanes) is 5. The van der Waals surface area contributed by atoms with Crippen LogP contribution in [0.2, 0.25) is 0 Å². The second kappa shape index (κ2) is 26.5. The van der Waals surface area contributed by atoms with Gasteiger partial charge < -0.3 is 119 Å². The first-order chi connectivity index (χ1) is 32.1. The minimum atomic E-state index is -3.24. The number of hydrogen-bond acceptors (Lipinski definition) is 25. The van der Waals surface area contributed by atoms with Crippen molar-refractivity contribution in [1.82, 2.24) is 10.6 Å². The van der Waals surface area contributed by atoms with Gasteiger partial charge in [0.2, 0.25) is 17.6 Å². The zero-order valence-corrected chi connectivity index (χ0v) is 38.2. The van der Waals surface area contributed by atoms with Gasteiger partial charge in [0, 0.05) is 33.3 Å². The molecule has 0 unspecified atom stereocenters. The molecule has 4 rings (SSSR count). The summed E-state index contributed by atoms with van der Waals surface area (Å²) in [6, 6.07) is -3.13. The molecule has 27 heteroatoms. The Morgan fingerprint density at radius 3 is 1.87 bits per heavy atom. The number of aliphatic hydroxyl groups excluding tert-OH is 11. The molecule has 394 valence electrons. The maximum absolute atomic E-state index is 13.0. The Morgan fingerprint density at radius 2 is 1.28 bits per heavy atom. The van der Waals surface area contributed by atoms with E-state index in [0.717, 1.165) is 33.1 Å². The van der Waals surface area contributed by atoms with Crippen LogP contribution in [0.1, 0.15) is 72.1 Å². The Balaban J connectivity index is 1.69. The first-order valence-electron chi connectivity index (χ1n) is 22.5. The Labute approximate surface area is 391 Å². The van der Waals surface area contributed by atoms with Gasteiger partial charge in [-0.1, -0.05) is 25.7 Å². The maximum Gasteiger partial charge on any atom is 0.305 e. The fourth-order valence-electron chi connectivity index (χ4n) is 8.49. The Kier molecular flexibility index (Phi) is 22.5. The van der Waals surface area contributed by atoms with E-state index in [1.165, 1.54) is 14.0 Å². The summed E-state index contributed by atoms with van der Waals surface area (Å²) in [5, 5.41) is 136. The number of esters is 1. The number of methoxy groups -OCH3 is 1. The molecule has 27 nitrogen and oxygen atoms in total. The SMILES string of the molecule is COC(=O)CCCCCCCCO[C@@H]1O[C@H](CO)[C@@H](O[C@@H]2O[C@@H](C)[C@@H](O)[C@@H](O)[C@@H]2O)[C@H](O[C@@H]2O[C@H](CO)[C@H](O)[C@H](O[C@]3(C(=O)[O-])C[C@H](O)[C@@H](NC(C)=O)[C@H]([C@H](O)[C@H](O)CO)O3)[C@H]2O)[C@H]1NC(C)=O. The molecule has 4 fully saturated rings. The van der Waals surface area contributed by atoms with Gasteiger partial charge in [0.05, 0.1) is 45.2 Å². The minimum absolute atomic E-state index is 0.00751. The molecule has 0 radical (unpaired) electrons. The number of ether oxygens (including phenoxy) is 9. The van der Waals surface area contributed by atoms with E-state index < -0.39 is 172 Å². The zero-order valence-electron chi connectivity index (χ0n) is 38.2. The molecule has 2 amide bonds. The molecule has 4 aliphatic rings. The molecule has 0 aromatic rings. The van der Waals surface area contributed by atoms with Crippen molar-refractivity contribution in [1.29, 1.82) is 0 Å². The molecule has 4 heterocycles. The molecular weight excluding hydrogens is 920 g/mol. The number of rotatable bonds is 24. The third-order valence-corrected chi connectivity index (χ3v) is 12.2. The van der Waals surface area contributed by atoms with E-state index >= 15 is 0 Å². The number of amides is 2. The van der Waals surface area contributed by atoms with Gasteiger partial charge in [-0.2, -0.15) is 0 Å². The third-order valence-electron chi connectivity index (χ3n) is 12.2. The first-order valence-corrected chi connectivity index (χ1v) is 22.5. The molecule has 0 saturated carbocycles. The number of carboxylic acids is 1. The quantitative estimate of drug-likeness (QED) is 0.0315. The van der Waals surface area contributed by atoms with Crippen LogP contribution in [-0.2, 0) is 61.8 Å². The Hall–Kier alpha value is -2.88. The summed E-state index contributed by atoms with van der Waals surface area (Å²) in [6.07, 6.45) is -30.4. The lowest BCUT2D eigenvalue weighted by atomic mass is 9.88. The lowest BCUT2D eigenvalue weighted by Crippen LogP contribution is -2.72. The van der Waals surface area contributed by atoms with Crippen molar-refractivity contribution in [2.24, 2.45) is 0 Å². The minimum Gasteiger partial charge on any atom is -0.544 e. The topological polar surface area (TPSA) is 421 Å². The Bertz CT molecular complexity index is 1600. The summed E-state index contributed by atoms with van der Waals surface area (Å²) in [4.78, 5) is 49.3. The predicted octanol–water partition coefficient (Wildman–Crippen LogP) is -7.63. The monoisotopic (exact) mass is 989 g/mol. The first kappa shape index (κ1) is 57.7. The highest BCUT2D eigenvalue weighted by Crippen LogP contribution is 2.39. The van der Waals surface area contributed by atoms with Crippen molar-refractivity contribution in [3.05, 3.63) is 0 Å². The summed E-state index contributed by atoms with van der Waals surface area (Å²) in [7, 11) is 1.31. The second-order valence-electron chi connectivity index (χ2n) is 17.3. The summed E-state index contributed by atoms with van der Waals surface area (Å²) < 4.78 is 52.0. The second-order valence-corrected chi connectivity index (χ2v) is 17.3. The maximum atomic E-state index is 13.0. The molecule has 4 aliphatic heterocycles. The summed E-state index contributed by atoms with van der Waals surface area (Å²) >= 11 is 0. The molecule has 68 heavy (non-hydrogen) atoms. The highest BCUT2D eigenvalue weighted by Gasteiger charge is 2.59. The van der Waals surface area contributed by atoms with Gasteiger partial charge in [-0.15, -0.1) is 0 Å². The largest absolute Gasteiger partial charge is 0.544 e. The van der Waals surface area contributed by atoms with Gasteiger partial charge in [-0.25, -0.2) is 0 Å². The fraction of sp³-hybridized carbons (Fsp3) is 0.902. The van der Waals surface area contributed by atoms with Crippen molar-refractivity contribution in [3.8, 4) is 0 Å². The van der Waals surface area contributed by atoms with Crippen molar-refractivity contribution in [2.75, 3.05) is 33.5 Å². The number of aliphatic carboxylic acids is 1. The molecule has 0 bridgehead atoms. The number of nitrogens with one attached hydrogen (secondary N) is 2. The number of carbonyl (C=O) groups excluding carboxylic acids is 4. The molecule has 0 aromatic heterocycles. The van der Waals surface area contributed by atoms with E-state index in [2.05, 4.69) is 15.4 Å². The van der Waals surface area contributed by atoms with Crippen molar-refractivity contribution in [2.45, 2.75) is 200 Å². The van der Waals surface area contributed by atoms with Crippen LogP contribution in [0.15, 0.2) is 0 Å². The average Bonchev–Trinajstić information content (AvgIpc) is 3.30. The molecule has 0 aromatic carbocycles. The van der Waals surface area contributed by atoms with E-state index in [-0.39, 0.29) is 12.6 Å². The van der Waals surface area contributed by atoms with Crippen LogP contribution >= 0.6 is 0 Å². The lowest BCUT2D eigenvalue weighted by molar-refractivity contribution is -0.412. The van der Waals surface area contributed by atoms with Crippen LogP contribution in [0.5, 0.6) is 0 Å². The van der Waals surface area contributed by atoms with E-state index in [9.17, 15) is 80.5 Å². The van der Waals surface area contributed by atoms with Crippen molar-refractivity contribution >= 4 is 23.8 Å². The standard InChI is InChI=1S/C41H70N2O25/c1-17-27(52)30(55)31(56)38(62-17)65-33-23(16-46)64-37(61-12-10-8-6-5-7-9-11-24(51)60-4)26(43-19(3)48)35(33)66-39-32(57)36(29(54)22(15-45)63-39)68-41(40(58)59)13-20(49)25(42-18(2)47)34(67-41)28(53)21(50)14-44/h17,20-23,25-39,44-46,49-50,52-57H,5-16H2,1-4H3,(H,42,47)(H,43,48)(H,58,59)/p-1/t17-,20-,21+,22+,23+,25+,26+,27+,28+,29-,30+,31-,32+,33+,34+,35+,36-,37+,38-,39-,41-/m0/s1. The summed E-state index contributed by atoms with van der Waals surface area (Å²) in [5.41, 5.74) is 0. The number of carbonyl (C=O) groups is 4. The van der Waals surface area contributed by atoms with E-state index in [0.29, 0.717) is 25.7 Å². The van der Waals surface area contributed by atoms with Gasteiger partial charge in [0.25, 0.3) is 0 Å². The number of carboxylic acid groups (broad SMARTS) is 1. The van der Waals surface area contributed by atoms with Crippen LogP contribution in [0.25, 0.3) is 0 Å². The fourth-order valence-corrected chi connectivity index (χ4v) is 8.49. The third kappa shape index (κ3) is 14.4. The lowest BCUT2D eigenvalue weighted by Gasteiger charge is -2.53. The van der Waals surface area contributed by atoms with E-state index in [1.807, 2.05) is 0 Å². The highest BCUT2D eigenvalue weighted by molar-refractivity contribution is 5.75. The molecule has 21 atom stereocenters.